The van der Waals surface area contributed by atoms with Crippen LogP contribution in [0.3, 0.4) is 0 Å². The fraction of sp³-hybridized carbons (Fsp3) is 0.240. The number of aromatic amines is 2. The lowest BCUT2D eigenvalue weighted by molar-refractivity contribution is 0.238. The Bertz CT molecular complexity index is 1460. The fourth-order valence-electron chi connectivity index (χ4n) is 4.47. The van der Waals surface area contributed by atoms with Crippen LogP contribution in [0.4, 0.5) is 5.69 Å². The Hall–Kier alpha value is -3.71. The number of nitrogens with one attached hydrogen (secondary N) is 2. The van der Waals surface area contributed by atoms with Crippen molar-refractivity contribution in [1.82, 2.24) is 24.8 Å². The van der Waals surface area contributed by atoms with Crippen LogP contribution in [0, 0.1) is 0 Å². The van der Waals surface area contributed by atoms with E-state index in [1.54, 1.807) is 0 Å². The van der Waals surface area contributed by atoms with E-state index in [-0.39, 0.29) is 0 Å². The van der Waals surface area contributed by atoms with E-state index in [0.717, 1.165) is 45.4 Å². The van der Waals surface area contributed by atoms with Gasteiger partial charge in [0.05, 0.1) is 5.69 Å². The second-order valence-electron chi connectivity index (χ2n) is 8.18. The predicted octanol–water partition coefficient (Wildman–Crippen LogP) is 4.30. The average Bonchev–Trinajstić information content (AvgIpc) is 3.34. The van der Waals surface area contributed by atoms with Crippen molar-refractivity contribution >= 4 is 38.5 Å². The molecule has 7 nitrogen and oxygen atoms in total. The zero-order chi connectivity index (χ0) is 21.3. The van der Waals surface area contributed by atoms with Gasteiger partial charge in [-0.25, -0.2) is 9.98 Å². The van der Waals surface area contributed by atoms with Gasteiger partial charge in [0.1, 0.15) is 23.7 Å². The van der Waals surface area contributed by atoms with Crippen molar-refractivity contribution in [2.75, 3.05) is 26.2 Å². The molecule has 1 aliphatic heterocycles. The largest absolute Gasteiger partial charge is 0.492 e. The molecule has 4 heterocycles. The summed E-state index contributed by atoms with van der Waals surface area (Å²) >= 11 is 0. The zero-order valence-electron chi connectivity index (χ0n) is 17.7. The molecule has 3 aromatic heterocycles. The van der Waals surface area contributed by atoms with Crippen molar-refractivity contribution in [2.24, 2.45) is 4.99 Å². The topological polar surface area (TPSA) is 82.2 Å². The van der Waals surface area contributed by atoms with Crippen LogP contribution < -0.4 is 10.4 Å². The van der Waals surface area contributed by atoms with Crippen LogP contribution in [0.1, 0.15) is 12.8 Å². The first-order valence-corrected chi connectivity index (χ1v) is 11.1. The molecule has 1 saturated heterocycles. The van der Waals surface area contributed by atoms with Crippen molar-refractivity contribution in [3.8, 4) is 5.75 Å². The Labute approximate surface area is 184 Å². The molecule has 7 heteroatoms. The minimum Gasteiger partial charge on any atom is -0.492 e. The van der Waals surface area contributed by atoms with Crippen LogP contribution in [-0.4, -0.2) is 51.1 Å². The highest BCUT2D eigenvalue weighted by molar-refractivity contribution is 6.16. The number of nitrogens with zero attached hydrogens (tertiary/aromatic N) is 4. The number of aromatic nitrogens is 4. The van der Waals surface area contributed by atoms with E-state index in [0.29, 0.717) is 12.2 Å². The third-order valence-electron chi connectivity index (χ3n) is 6.09. The number of fused-ring (bicyclic) bond motifs is 2. The standard InChI is InChI=1S/C25H24N6O/c1-2-13-31(12-1)14-15-32-19-8-6-18(7-9-19)28-25-27-16-21-20-5-3-4-17-10-11-26-24(22(17)20)29-23(21)30-25/h3-11,16H,1-2,12-15H2,(H2,26,27,28,29,30). The summed E-state index contributed by atoms with van der Waals surface area (Å²) in [5.74, 6) is 0.858. The van der Waals surface area contributed by atoms with Crippen molar-refractivity contribution in [3.05, 3.63) is 66.5 Å². The zero-order valence-corrected chi connectivity index (χ0v) is 17.7. The van der Waals surface area contributed by atoms with Gasteiger partial charge in [-0.2, -0.15) is 4.98 Å². The van der Waals surface area contributed by atoms with Crippen LogP contribution in [0.25, 0.3) is 32.8 Å². The smallest absolute Gasteiger partial charge is 0.251 e. The van der Waals surface area contributed by atoms with Gasteiger partial charge in [-0.05, 0) is 67.0 Å². The van der Waals surface area contributed by atoms with E-state index in [2.05, 4.69) is 54.1 Å². The summed E-state index contributed by atoms with van der Waals surface area (Å²) < 4.78 is 5.88. The lowest BCUT2D eigenvalue weighted by atomic mass is 10.1. The van der Waals surface area contributed by atoms with Gasteiger partial charge >= 0.3 is 0 Å². The maximum atomic E-state index is 5.88. The number of H-pyrrole nitrogens is 2. The molecule has 0 spiro atoms. The molecule has 0 saturated carbocycles. The van der Waals surface area contributed by atoms with Crippen molar-refractivity contribution < 1.29 is 4.74 Å². The van der Waals surface area contributed by atoms with Gasteiger partial charge in [-0.15, -0.1) is 0 Å². The average molecular weight is 425 g/mol. The van der Waals surface area contributed by atoms with Gasteiger partial charge in [0.2, 0.25) is 0 Å². The molecule has 0 aliphatic carbocycles. The fourth-order valence-corrected chi connectivity index (χ4v) is 4.47. The molecule has 32 heavy (non-hydrogen) atoms. The quantitative estimate of drug-likeness (QED) is 0.326. The monoisotopic (exact) mass is 424 g/mol. The number of hydrogen-bond acceptors (Lipinski definition) is 5. The maximum Gasteiger partial charge on any atom is 0.251 e. The highest BCUT2D eigenvalue weighted by atomic mass is 16.5. The maximum absolute atomic E-state index is 5.88. The lowest BCUT2D eigenvalue weighted by Crippen LogP contribution is -2.25. The number of ether oxygens (including phenoxy) is 1. The molecule has 1 fully saturated rings. The van der Waals surface area contributed by atoms with E-state index >= 15 is 0 Å². The molecular weight excluding hydrogens is 400 g/mol. The summed E-state index contributed by atoms with van der Waals surface area (Å²) in [6, 6.07) is 16.1. The lowest BCUT2D eigenvalue weighted by Gasteiger charge is -2.14. The van der Waals surface area contributed by atoms with Crippen molar-refractivity contribution in [1.29, 1.82) is 0 Å². The van der Waals surface area contributed by atoms with Gasteiger partial charge in [-0.1, -0.05) is 18.2 Å². The molecule has 6 rings (SSSR count). The first-order valence-electron chi connectivity index (χ1n) is 11.1. The van der Waals surface area contributed by atoms with E-state index in [4.69, 9.17) is 4.74 Å². The van der Waals surface area contributed by atoms with Gasteiger partial charge in [0.25, 0.3) is 5.62 Å². The number of likely N-dealkylation sites (tertiary alicyclic amines) is 1. The van der Waals surface area contributed by atoms with Crippen LogP contribution in [0.2, 0.25) is 0 Å². The highest BCUT2D eigenvalue weighted by Gasteiger charge is 2.11. The molecule has 0 amide bonds. The molecule has 2 aromatic carbocycles. The van der Waals surface area contributed by atoms with E-state index in [1.165, 1.54) is 31.3 Å². The number of pyridine rings is 2. The Morgan fingerprint density at radius 3 is 2.75 bits per heavy atom. The minimum absolute atomic E-state index is 0.422. The summed E-state index contributed by atoms with van der Waals surface area (Å²) in [7, 11) is 0. The first kappa shape index (κ1) is 19.0. The molecule has 0 bridgehead atoms. The Morgan fingerprint density at radius 1 is 1.00 bits per heavy atom. The summed E-state index contributed by atoms with van der Waals surface area (Å²) in [4.78, 5) is 22.9. The highest BCUT2D eigenvalue weighted by Crippen LogP contribution is 2.28. The summed E-state index contributed by atoms with van der Waals surface area (Å²) in [5, 5.41) is 4.41. The van der Waals surface area contributed by atoms with E-state index < -0.39 is 0 Å². The Morgan fingerprint density at radius 2 is 1.88 bits per heavy atom. The third-order valence-corrected chi connectivity index (χ3v) is 6.09. The molecule has 0 unspecified atom stereocenters. The minimum atomic E-state index is 0.422. The Balaban J connectivity index is 1.27. The molecular formula is C25H24N6O. The Kier molecular flexibility index (Phi) is 4.81. The normalized spacial score (nSPS) is 15.3. The molecule has 160 valence electrons. The van der Waals surface area contributed by atoms with Gasteiger partial charge in [0, 0.05) is 29.7 Å². The van der Waals surface area contributed by atoms with Crippen LogP contribution in [0.15, 0.2) is 65.9 Å². The van der Waals surface area contributed by atoms with Crippen LogP contribution in [-0.2, 0) is 0 Å². The molecule has 5 aromatic rings. The molecule has 2 N–H and O–H groups in total. The van der Waals surface area contributed by atoms with E-state index in [9.17, 15) is 0 Å². The predicted molar refractivity (Wildman–Crippen MR) is 126 cm³/mol. The van der Waals surface area contributed by atoms with Gasteiger partial charge < -0.3 is 14.7 Å². The second kappa shape index (κ2) is 8.09. The van der Waals surface area contributed by atoms with Gasteiger partial charge in [-0.3, -0.25) is 4.90 Å². The van der Waals surface area contributed by atoms with Crippen molar-refractivity contribution in [3.63, 3.8) is 0 Å². The molecule has 0 radical (unpaired) electrons. The van der Waals surface area contributed by atoms with Gasteiger partial charge in [0.15, 0.2) is 0 Å². The molecule has 0 atom stereocenters. The SMILES string of the molecule is c1cc2cc[nH]c3[nH]c4nc(=Nc5ccc(OCCN6CCCC6)cc5)ncc4c(c1)c23. The summed E-state index contributed by atoms with van der Waals surface area (Å²) in [6.07, 6.45) is 6.38. The molecule has 1 aliphatic rings. The van der Waals surface area contributed by atoms with Crippen LogP contribution >= 0.6 is 0 Å². The number of rotatable bonds is 5. The third kappa shape index (κ3) is 3.61. The summed E-state index contributed by atoms with van der Waals surface area (Å²) in [5.41, 5.74) is 2.90. The summed E-state index contributed by atoms with van der Waals surface area (Å²) in [6.45, 7) is 4.07. The van der Waals surface area contributed by atoms with Crippen molar-refractivity contribution in [2.45, 2.75) is 12.8 Å². The first-order chi connectivity index (χ1) is 15.8. The van der Waals surface area contributed by atoms with Crippen LogP contribution in [0.5, 0.6) is 5.75 Å². The second-order valence-corrected chi connectivity index (χ2v) is 8.18. The van der Waals surface area contributed by atoms with E-state index in [1.807, 2.05) is 36.7 Å². The number of benzene rings is 2. The number of hydrogen-bond donors (Lipinski definition) is 2.